The van der Waals surface area contributed by atoms with Gasteiger partial charge in [-0.25, -0.2) is 0 Å². The van der Waals surface area contributed by atoms with Gasteiger partial charge in [-0.05, 0) is 0 Å². The SMILES string of the molecule is CC(=O)OCC1O[C@@H](O[C@H]2C(COC(C)=O)OC(OC(=N)C(Cl)(Cl)Cl)C(OC(C)=O)[C@@H]2OC(C)=O)C(OC(C)=O)[C@@H](OC(C)=O)[C@H]1OC(C)=O. The average Bonchev–Trinajstić information content (AvgIpc) is 2.95. The van der Waals surface area contributed by atoms with Crippen LogP contribution in [0.3, 0.4) is 0 Å². The summed E-state index contributed by atoms with van der Waals surface area (Å²) in [6, 6.07) is 0. The summed E-state index contributed by atoms with van der Waals surface area (Å²) >= 11 is 17.3. The van der Waals surface area contributed by atoms with Gasteiger partial charge in [-0.2, -0.15) is 0 Å². The number of hydrogen-bond donors (Lipinski definition) is 1. The molecule has 282 valence electrons. The van der Waals surface area contributed by atoms with E-state index in [1.807, 2.05) is 0 Å². The Balaban J connectivity index is 2.77. The van der Waals surface area contributed by atoms with Crippen LogP contribution in [0.5, 0.6) is 0 Å². The zero-order chi connectivity index (χ0) is 38.1. The Hall–Kier alpha value is -3.49. The van der Waals surface area contributed by atoms with Crippen molar-refractivity contribution in [3.05, 3.63) is 0 Å². The van der Waals surface area contributed by atoms with Crippen LogP contribution in [0.25, 0.3) is 0 Å². The van der Waals surface area contributed by atoms with Crippen molar-refractivity contribution in [3.63, 3.8) is 0 Å². The zero-order valence-electron chi connectivity index (χ0n) is 27.7. The molecule has 10 atom stereocenters. The number of esters is 7. The van der Waals surface area contributed by atoms with E-state index in [4.69, 9.17) is 92.3 Å². The third kappa shape index (κ3) is 13.0. The molecule has 0 spiro atoms. The molecular formula is C28H36Cl3NO18. The van der Waals surface area contributed by atoms with Gasteiger partial charge in [0.25, 0.3) is 3.79 Å². The first-order chi connectivity index (χ1) is 23.1. The van der Waals surface area contributed by atoms with Crippen molar-refractivity contribution in [2.45, 2.75) is 114 Å². The van der Waals surface area contributed by atoms with Crippen LogP contribution in [0, 0.1) is 5.41 Å². The first kappa shape index (κ1) is 42.7. The molecule has 1 N–H and O–H groups in total. The molecule has 19 nitrogen and oxygen atoms in total. The smallest absolute Gasteiger partial charge is 0.303 e. The van der Waals surface area contributed by atoms with Crippen LogP contribution in [0.15, 0.2) is 0 Å². The van der Waals surface area contributed by atoms with Gasteiger partial charge >= 0.3 is 41.8 Å². The van der Waals surface area contributed by atoms with E-state index in [9.17, 15) is 33.6 Å². The van der Waals surface area contributed by atoms with Gasteiger partial charge in [-0.1, -0.05) is 34.8 Å². The summed E-state index contributed by atoms with van der Waals surface area (Å²) in [5, 5.41) is 8.03. The highest BCUT2D eigenvalue weighted by molar-refractivity contribution is 6.76. The second kappa shape index (κ2) is 18.7. The van der Waals surface area contributed by atoms with Crippen molar-refractivity contribution in [2.24, 2.45) is 0 Å². The number of ether oxygens (including phenoxy) is 11. The van der Waals surface area contributed by atoms with E-state index in [0.29, 0.717) is 0 Å². The van der Waals surface area contributed by atoms with E-state index in [0.717, 1.165) is 48.5 Å². The maximum Gasteiger partial charge on any atom is 0.303 e. The molecule has 22 heteroatoms. The van der Waals surface area contributed by atoms with Gasteiger partial charge in [-0.3, -0.25) is 39.0 Å². The van der Waals surface area contributed by atoms with Crippen molar-refractivity contribution in [3.8, 4) is 0 Å². The minimum atomic E-state index is -2.45. The van der Waals surface area contributed by atoms with Crippen LogP contribution >= 0.6 is 34.8 Å². The minimum Gasteiger partial charge on any atom is -0.463 e. The standard InChI is InChI=1S/C28H36Cl3NO18/c1-10(33)40-8-17-19(42-12(3)35)21(43-13(4)36)23(45-15(6)38)25(47-17)49-20-18(9-41-11(2)34)48-26(50-27(32)28(29,30)31)24(46-16(7)39)22(20)44-14(5)37/h17-26,32H,8-9H2,1-7H3/t17?,18?,19-,20-,21-,22+,23?,24?,25-,26?/m0/s1. The highest BCUT2D eigenvalue weighted by Crippen LogP contribution is 2.37. The van der Waals surface area contributed by atoms with Crippen molar-refractivity contribution in [1.82, 2.24) is 0 Å². The number of hydrogen-bond acceptors (Lipinski definition) is 19. The molecule has 0 aromatic carbocycles. The molecule has 2 rings (SSSR count). The summed E-state index contributed by atoms with van der Waals surface area (Å²) in [6.45, 7) is 5.79. The fourth-order valence-electron chi connectivity index (χ4n) is 4.75. The monoisotopic (exact) mass is 779 g/mol. The first-order valence-corrected chi connectivity index (χ1v) is 15.7. The summed E-state index contributed by atoms with van der Waals surface area (Å²) in [7, 11) is 0. The number of nitrogens with one attached hydrogen (secondary N) is 1. The third-order valence-corrected chi connectivity index (χ3v) is 6.89. The predicted octanol–water partition coefficient (Wildman–Crippen LogP) is 0.970. The van der Waals surface area contributed by atoms with E-state index in [2.05, 4.69) is 0 Å². The van der Waals surface area contributed by atoms with E-state index in [1.54, 1.807) is 0 Å². The molecule has 0 aliphatic carbocycles. The molecule has 2 heterocycles. The Morgan fingerprint density at radius 3 is 1.24 bits per heavy atom. The number of rotatable bonds is 12. The number of carbonyl (C=O) groups excluding carboxylic acids is 7. The maximum atomic E-state index is 12.4. The summed E-state index contributed by atoms with van der Waals surface area (Å²) in [4.78, 5) is 84.9. The Kier molecular flexibility index (Phi) is 15.9. The van der Waals surface area contributed by atoms with Crippen LogP contribution in [0.4, 0.5) is 0 Å². The normalized spacial score (nSPS) is 29.3. The van der Waals surface area contributed by atoms with Gasteiger partial charge in [0.1, 0.15) is 31.5 Å². The highest BCUT2D eigenvalue weighted by atomic mass is 35.6. The lowest BCUT2D eigenvalue weighted by atomic mass is 9.96. The van der Waals surface area contributed by atoms with Gasteiger partial charge in [0.2, 0.25) is 18.3 Å². The Labute approximate surface area is 300 Å². The Bertz CT molecular complexity index is 1310. The summed E-state index contributed by atoms with van der Waals surface area (Å²) < 4.78 is 58.1. The lowest BCUT2D eigenvalue weighted by Crippen LogP contribution is -2.67. The van der Waals surface area contributed by atoms with Crippen LogP contribution in [0.2, 0.25) is 0 Å². The molecule has 2 saturated heterocycles. The fourth-order valence-corrected chi connectivity index (χ4v) is 4.88. The lowest BCUT2D eigenvalue weighted by Gasteiger charge is -2.48. The second-order valence-corrected chi connectivity index (χ2v) is 12.9. The fraction of sp³-hybridized carbons (Fsp3) is 0.714. The topological polar surface area (TPSA) is 245 Å². The van der Waals surface area contributed by atoms with Crippen LogP contribution in [-0.2, 0) is 85.7 Å². The largest absolute Gasteiger partial charge is 0.463 e. The molecule has 0 aromatic rings. The van der Waals surface area contributed by atoms with Crippen LogP contribution < -0.4 is 0 Å². The molecule has 5 unspecified atom stereocenters. The van der Waals surface area contributed by atoms with E-state index in [-0.39, 0.29) is 0 Å². The van der Waals surface area contributed by atoms with E-state index >= 15 is 0 Å². The van der Waals surface area contributed by atoms with Crippen molar-refractivity contribution in [1.29, 1.82) is 5.41 Å². The quantitative estimate of drug-likeness (QED) is 0.0953. The Morgan fingerprint density at radius 2 is 0.840 bits per heavy atom. The number of carbonyl (C=O) groups is 7. The summed E-state index contributed by atoms with van der Waals surface area (Å²) in [6.07, 6.45) is -17.0. The molecule has 2 aliphatic heterocycles. The first-order valence-electron chi connectivity index (χ1n) is 14.5. The average molecular weight is 781 g/mol. The van der Waals surface area contributed by atoms with Gasteiger partial charge in [0.15, 0.2) is 30.7 Å². The van der Waals surface area contributed by atoms with E-state index < -0.39 is 126 Å². The summed E-state index contributed by atoms with van der Waals surface area (Å²) in [5.74, 6) is -7.37. The molecular weight excluding hydrogens is 745 g/mol. The second-order valence-electron chi connectivity index (χ2n) is 10.6. The molecule has 2 aliphatic rings. The van der Waals surface area contributed by atoms with Gasteiger partial charge in [0, 0.05) is 48.5 Å². The minimum absolute atomic E-state index is 0.617. The van der Waals surface area contributed by atoms with Gasteiger partial charge in [-0.15, -0.1) is 0 Å². The summed E-state index contributed by atoms with van der Waals surface area (Å²) in [5.41, 5.74) is 0. The zero-order valence-corrected chi connectivity index (χ0v) is 29.9. The van der Waals surface area contributed by atoms with Crippen molar-refractivity contribution >= 4 is 82.5 Å². The van der Waals surface area contributed by atoms with Crippen molar-refractivity contribution < 1.29 is 85.7 Å². The van der Waals surface area contributed by atoms with Crippen LogP contribution in [0.1, 0.15) is 48.5 Å². The molecule has 0 saturated carbocycles. The molecule has 0 aromatic heterocycles. The Morgan fingerprint density at radius 1 is 0.500 bits per heavy atom. The van der Waals surface area contributed by atoms with Crippen LogP contribution in [-0.4, -0.2) is 126 Å². The van der Waals surface area contributed by atoms with Crippen molar-refractivity contribution in [2.75, 3.05) is 13.2 Å². The maximum absolute atomic E-state index is 12.4. The molecule has 0 bridgehead atoms. The molecule has 0 amide bonds. The number of alkyl halides is 3. The predicted molar refractivity (Wildman–Crippen MR) is 162 cm³/mol. The van der Waals surface area contributed by atoms with Gasteiger partial charge < -0.3 is 52.1 Å². The number of halogens is 3. The third-order valence-electron chi connectivity index (χ3n) is 6.38. The molecule has 50 heavy (non-hydrogen) atoms. The molecule has 2 fully saturated rings. The highest BCUT2D eigenvalue weighted by Gasteiger charge is 2.58. The molecule has 0 radical (unpaired) electrons. The van der Waals surface area contributed by atoms with Gasteiger partial charge in [0.05, 0.1) is 0 Å². The van der Waals surface area contributed by atoms with E-state index in [1.165, 1.54) is 0 Å². The lowest BCUT2D eigenvalue weighted by molar-refractivity contribution is -0.355.